The maximum Gasteiger partial charge on any atom is 0.248 e. The predicted molar refractivity (Wildman–Crippen MR) is 147 cm³/mol. The lowest BCUT2D eigenvalue weighted by molar-refractivity contribution is -0.143. The normalized spacial score (nSPS) is 17.3. The number of hydrogen-bond donors (Lipinski definition) is 3. The van der Waals surface area contributed by atoms with Crippen molar-refractivity contribution in [2.45, 2.75) is 77.9 Å². The summed E-state index contributed by atoms with van der Waals surface area (Å²) in [5.74, 6) is 0.0235. The molecule has 1 aromatic carbocycles. The molecule has 1 fully saturated rings. The number of aromatic nitrogens is 2. The topological polar surface area (TPSA) is 99.2 Å². The molecule has 1 aliphatic rings. The van der Waals surface area contributed by atoms with Gasteiger partial charge in [-0.2, -0.15) is 0 Å². The summed E-state index contributed by atoms with van der Waals surface area (Å²) in [5.41, 5.74) is 1.05. The summed E-state index contributed by atoms with van der Waals surface area (Å²) in [6.45, 7) is 8.77. The highest BCUT2D eigenvalue weighted by Crippen LogP contribution is 2.32. The summed E-state index contributed by atoms with van der Waals surface area (Å²) < 4.78 is 4.07. The third-order valence-corrected chi connectivity index (χ3v) is 7.74. The van der Waals surface area contributed by atoms with Gasteiger partial charge in [0, 0.05) is 36.7 Å². The molecule has 0 spiro atoms. The van der Waals surface area contributed by atoms with Crippen molar-refractivity contribution in [1.82, 2.24) is 25.1 Å². The number of carbonyl (C=O) groups excluding carboxylic acids is 2. The third-order valence-electron chi connectivity index (χ3n) is 7.10. The van der Waals surface area contributed by atoms with Crippen molar-refractivity contribution in [3.8, 4) is 11.3 Å². The number of hydrogen-bond acceptors (Lipinski definition) is 7. The van der Waals surface area contributed by atoms with E-state index in [0.29, 0.717) is 17.2 Å². The summed E-state index contributed by atoms with van der Waals surface area (Å²) in [7, 11) is 3.69. The Hall–Kier alpha value is -2.36. The minimum absolute atomic E-state index is 0.0222. The molecule has 198 valence electrons. The molecule has 1 heterocycles. The van der Waals surface area contributed by atoms with E-state index < -0.39 is 11.5 Å². The highest BCUT2D eigenvalue weighted by atomic mass is 32.1. The van der Waals surface area contributed by atoms with Crippen molar-refractivity contribution in [2.75, 3.05) is 26.0 Å². The quantitative estimate of drug-likeness (QED) is 0.440. The van der Waals surface area contributed by atoms with Crippen LogP contribution in [0.15, 0.2) is 30.3 Å². The average Bonchev–Trinajstić information content (AvgIpc) is 3.32. The first kappa shape index (κ1) is 28.2. The largest absolute Gasteiger partial charge is 0.332 e. The zero-order valence-corrected chi connectivity index (χ0v) is 23.3. The van der Waals surface area contributed by atoms with Crippen molar-refractivity contribution in [3.05, 3.63) is 30.3 Å². The van der Waals surface area contributed by atoms with E-state index in [1.165, 1.54) is 6.42 Å². The van der Waals surface area contributed by atoms with E-state index in [4.69, 9.17) is 0 Å². The number of benzene rings is 1. The van der Waals surface area contributed by atoms with Crippen LogP contribution in [0.2, 0.25) is 0 Å². The maximum absolute atomic E-state index is 14.0. The van der Waals surface area contributed by atoms with Crippen LogP contribution in [-0.4, -0.2) is 65.1 Å². The molecule has 0 aliphatic heterocycles. The van der Waals surface area contributed by atoms with Crippen LogP contribution in [0.25, 0.3) is 11.3 Å². The van der Waals surface area contributed by atoms with Crippen molar-refractivity contribution in [2.24, 2.45) is 11.3 Å². The first-order valence-corrected chi connectivity index (χ1v) is 13.8. The minimum Gasteiger partial charge on any atom is -0.332 e. The van der Waals surface area contributed by atoms with E-state index in [-0.39, 0.29) is 29.8 Å². The van der Waals surface area contributed by atoms with Gasteiger partial charge in [-0.1, -0.05) is 74.9 Å². The van der Waals surface area contributed by atoms with Crippen molar-refractivity contribution < 1.29 is 9.59 Å². The number of nitrogens with one attached hydrogen (secondary N) is 3. The molecule has 1 saturated carbocycles. The summed E-state index contributed by atoms with van der Waals surface area (Å²) >= 11 is 1.15. The molecule has 2 amide bonds. The van der Waals surface area contributed by atoms with E-state index in [2.05, 4.69) is 32.5 Å². The second-order valence-electron chi connectivity index (χ2n) is 11.0. The Morgan fingerprint density at radius 3 is 2.42 bits per heavy atom. The molecule has 2 aromatic rings. The molecule has 36 heavy (non-hydrogen) atoms. The molecule has 0 saturated heterocycles. The van der Waals surface area contributed by atoms with E-state index in [1.54, 1.807) is 11.9 Å². The van der Waals surface area contributed by atoms with E-state index in [9.17, 15) is 9.59 Å². The Bertz CT molecular complexity index is 984. The van der Waals surface area contributed by atoms with E-state index >= 15 is 0 Å². The highest BCUT2D eigenvalue weighted by Gasteiger charge is 2.41. The second-order valence-corrected chi connectivity index (χ2v) is 11.8. The molecule has 0 unspecified atom stereocenters. The van der Waals surface area contributed by atoms with Crippen LogP contribution >= 0.6 is 11.5 Å². The van der Waals surface area contributed by atoms with Gasteiger partial charge in [0.2, 0.25) is 11.8 Å². The molecule has 0 bridgehead atoms. The van der Waals surface area contributed by atoms with Gasteiger partial charge in [-0.3, -0.25) is 9.59 Å². The Labute approximate surface area is 219 Å². The molecule has 1 aromatic heterocycles. The highest BCUT2D eigenvalue weighted by molar-refractivity contribution is 7.10. The monoisotopic (exact) mass is 514 g/mol. The molecule has 3 atom stereocenters. The molecule has 8 nitrogen and oxygen atoms in total. The molecular weight excluding hydrogens is 472 g/mol. The zero-order chi connectivity index (χ0) is 26.3. The lowest BCUT2D eigenvalue weighted by atomic mass is 9.81. The summed E-state index contributed by atoms with van der Waals surface area (Å²) in [6, 6.07) is 8.94. The molecule has 9 heteroatoms. The van der Waals surface area contributed by atoms with Crippen molar-refractivity contribution in [1.29, 1.82) is 0 Å². The molecule has 0 radical (unpaired) electrons. The number of amides is 2. The van der Waals surface area contributed by atoms with Gasteiger partial charge in [0.1, 0.15) is 16.7 Å². The van der Waals surface area contributed by atoms with Crippen molar-refractivity contribution in [3.63, 3.8) is 0 Å². The van der Waals surface area contributed by atoms with Crippen LogP contribution in [0.1, 0.15) is 59.8 Å². The van der Waals surface area contributed by atoms with Crippen molar-refractivity contribution >= 4 is 28.3 Å². The SMILES string of the molecule is CN[C@@H](C)CN[C@H](C(=O)N(C)[C@H](C(=O)Nc1snnc1-c1ccccc1)C(C)(C)C)C1CCCCC1. The number of nitrogens with zero attached hydrogens (tertiary/aromatic N) is 3. The Morgan fingerprint density at radius 1 is 1.14 bits per heavy atom. The average molecular weight is 515 g/mol. The van der Waals surface area contributed by atoms with Crippen LogP contribution in [0.4, 0.5) is 5.00 Å². The minimum atomic E-state index is -0.662. The lowest BCUT2D eigenvalue weighted by Crippen LogP contribution is -2.59. The number of carbonyl (C=O) groups is 2. The first-order valence-electron chi connectivity index (χ1n) is 13.0. The van der Waals surface area contributed by atoms with Crippen LogP contribution in [0.5, 0.6) is 0 Å². The molecular formula is C27H42N6O2S. The maximum atomic E-state index is 14.0. The van der Waals surface area contributed by atoms with Crippen LogP contribution < -0.4 is 16.0 Å². The fourth-order valence-corrected chi connectivity index (χ4v) is 5.66. The van der Waals surface area contributed by atoms with Crippen LogP contribution in [0.3, 0.4) is 0 Å². The number of likely N-dealkylation sites (N-methyl/N-ethyl adjacent to an activating group) is 2. The second kappa shape index (κ2) is 12.7. The molecule has 1 aliphatic carbocycles. The van der Waals surface area contributed by atoms with Gasteiger partial charge in [-0.15, -0.1) is 5.10 Å². The number of anilines is 1. The fraction of sp³-hybridized carbons (Fsp3) is 0.630. The summed E-state index contributed by atoms with van der Waals surface area (Å²) in [5, 5.41) is 14.6. The standard InChI is InChI=1S/C27H42N6O2S/c1-18(28-5)17-29-22(20-15-11-8-12-16-20)26(35)33(6)23(27(2,3)4)24(34)30-25-21(31-32-36-25)19-13-9-7-10-14-19/h7,9-10,13-14,18,20,22-23,28-29H,8,11-12,15-17H2,1-6H3,(H,30,34)/t18-,22-,23+/m0/s1. The zero-order valence-electron chi connectivity index (χ0n) is 22.5. The van der Waals surface area contributed by atoms with Gasteiger partial charge in [0.05, 0.1) is 6.04 Å². The number of rotatable bonds is 10. The van der Waals surface area contributed by atoms with Gasteiger partial charge in [-0.25, -0.2) is 0 Å². The van der Waals surface area contributed by atoms with Gasteiger partial charge < -0.3 is 20.9 Å². The van der Waals surface area contributed by atoms with Gasteiger partial charge in [0.25, 0.3) is 0 Å². The Kier molecular flexibility index (Phi) is 9.99. The van der Waals surface area contributed by atoms with Crippen LogP contribution in [-0.2, 0) is 9.59 Å². The van der Waals surface area contributed by atoms with Crippen LogP contribution in [0, 0.1) is 11.3 Å². The fourth-order valence-electron chi connectivity index (χ4n) is 5.06. The Morgan fingerprint density at radius 2 is 1.81 bits per heavy atom. The smallest absolute Gasteiger partial charge is 0.248 e. The van der Waals surface area contributed by atoms with E-state index in [1.807, 2.05) is 58.2 Å². The van der Waals surface area contributed by atoms with Gasteiger partial charge in [0.15, 0.2) is 0 Å². The van der Waals surface area contributed by atoms with Gasteiger partial charge >= 0.3 is 0 Å². The van der Waals surface area contributed by atoms with E-state index in [0.717, 1.165) is 42.8 Å². The molecule has 3 rings (SSSR count). The summed E-state index contributed by atoms with van der Waals surface area (Å²) in [4.78, 5) is 29.3. The summed E-state index contributed by atoms with van der Waals surface area (Å²) in [6.07, 6.45) is 5.57. The first-order chi connectivity index (χ1) is 17.1. The molecule has 3 N–H and O–H groups in total. The Balaban J connectivity index is 1.83. The predicted octanol–water partition coefficient (Wildman–Crippen LogP) is 4.16. The van der Waals surface area contributed by atoms with Gasteiger partial charge in [-0.05, 0) is 38.1 Å². The third kappa shape index (κ3) is 7.11. The lowest BCUT2D eigenvalue weighted by Gasteiger charge is -2.40.